The number of aryl methyl sites for hydroxylation is 1. The molecule has 0 radical (unpaired) electrons. The van der Waals surface area contributed by atoms with Crippen LogP contribution in [-0.4, -0.2) is 27.7 Å². The third-order valence-electron chi connectivity index (χ3n) is 7.76. The van der Waals surface area contributed by atoms with Gasteiger partial charge in [-0.15, -0.1) is 0 Å². The van der Waals surface area contributed by atoms with Crippen LogP contribution in [0.1, 0.15) is 61.1 Å². The number of anilines is 2. The van der Waals surface area contributed by atoms with Crippen molar-refractivity contribution < 1.29 is 9.53 Å². The van der Waals surface area contributed by atoms with Crippen LogP contribution >= 0.6 is 23.8 Å². The Morgan fingerprint density at radius 1 is 1.07 bits per heavy atom. The smallest absolute Gasteiger partial charge is 0.229 e. The summed E-state index contributed by atoms with van der Waals surface area (Å²) >= 11 is 12.5. The first kappa shape index (κ1) is 29.6. The number of benzene rings is 2. The number of rotatable bonds is 6. The number of hydrogen-bond donors (Lipinski definition) is 2. The van der Waals surface area contributed by atoms with Gasteiger partial charge in [-0.2, -0.15) is 0 Å². The van der Waals surface area contributed by atoms with Crippen molar-refractivity contribution in [2.45, 2.75) is 53.6 Å². The van der Waals surface area contributed by atoms with Crippen LogP contribution in [0.25, 0.3) is 5.69 Å². The molecule has 2 aromatic carbocycles. The van der Waals surface area contributed by atoms with Crippen LogP contribution in [0.2, 0.25) is 5.02 Å². The molecule has 42 heavy (non-hydrogen) atoms. The number of nitrogens with zero attached hydrogens (tertiary/aromatic N) is 3. The first-order valence-electron chi connectivity index (χ1n) is 13.9. The second kappa shape index (κ2) is 11.4. The fraction of sp³-hybridized carbons (Fsp3) is 0.303. The Labute approximate surface area is 257 Å². The highest BCUT2D eigenvalue weighted by atomic mass is 35.5. The fourth-order valence-electron chi connectivity index (χ4n) is 5.49. The zero-order valence-corrected chi connectivity index (χ0v) is 26.5. The van der Waals surface area contributed by atoms with E-state index in [0.717, 1.165) is 44.6 Å². The van der Waals surface area contributed by atoms with Gasteiger partial charge < -0.3 is 24.8 Å². The number of carbonyl (C=O) groups is 1. The molecule has 218 valence electrons. The van der Waals surface area contributed by atoms with Crippen molar-refractivity contribution in [3.63, 3.8) is 0 Å². The van der Waals surface area contributed by atoms with Gasteiger partial charge in [-0.1, -0.05) is 44.5 Å². The van der Waals surface area contributed by atoms with Gasteiger partial charge in [-0.3, -0.25) is 9.78 Å². The first-order valence-corrected chi connectivity index (χ1v) is 14.7. The lowest BCUT2D eigenvalue weighted by Gasteiger charge is -2.29. The van der Waals surface area contributed by atoms with E-state index in [9.17, 15) is 4.79 Å². The highest BCUT2D eigenvalue weighted by molar-refractivity contribution is 7.80. The fourth-order valence-corrected chi connectivity index (χ4v) is 6.00. The molecule has 4 aromatic rings. The Kier molecular flexibility index (Phi) is 8.05. The van der Waals surface area contributed by atoms with E-state index in [-0.39, 0.29) is 18.0 Å². The molecule has 0 saturated carbocycles. The number of nitrogens with one attached hydrogen (secondary N) is 2. The quantitative estimate of drug-likeness (QED) is 0.222. The number of methoxy groups -OCH3 is 1. The van der Waals surface area contributed by atoms with E-state index in [2.05, 4.69) is 46.1 Å². The molecule has 3 heterocycles. The van der Waals surface area contributed by atoms with Crippen molar-refractivity contribution in [1.82, 2.24) is 14.9 Å². The van der Waals surface area contributed by atoms with Crippen LogP contribution in [0, 0.1) is 26.2 Å². The molecule has 0 aliphatic carbocycles. The summed E-state index contributed by atoms with van der Waals surface area (Å²) in [7, 11) is 1.60. The first-order chi connectivity index (χ1) is 19.9. The molecule has 1 aliphatic rings. The number of thiocarbonyl (C=S) groups is 1. The lowest BCUT2D eigenvalue weighted by Crippen LogP contribution is -2.30. The molecule has 0 unspecified atom stereocenters. The van der Waals surface area contributed by atoms with Crippen LogP contribution in [0.3, 0.4) is 0 Å². The zero-order valence-electron chi connectivity index (χ0n) is 24.9. The van der Waals surface area contributed by atoms with Crippen molar-refractivity contribution in [3.05, 3.63) is 100 Å². The molecule has 1 amide bonds. The van der Waals surface area contributed by atoms with E-state index in [1.54, 1.807) is 13.3 Å². The van der Waals surface area contributed by atoms with E-state index in [1.165, 1.54) is 0 Å². The molecule has 1 saturated heterocycles. The Morgan fingerprint density at radius 2 is 1.83 bits per heavy atom. The molecule has 9 heteroatoms. The number of pyridine rings is 1. The predicted octanol–water partition coefficient (Wildman–Crippen LogP) is 7.62. The van der Waals surface area contributed by atoms with Crippen molar-refractivity contribution in [2.24, 2.45) is 5.41 Å². The highest BCUT2D eigenvalue weighted by Crippen LogP contribution is 2.45. The van der Waals surface area contributed by atoms with Crippen molar-refractivity contribution >= 4 is 46.2 Å². The molecule has 0 bridgehead atoms. The van der Waals surface area contributed by atoms with Gasteiger partial charge in [0.15, 0.2) is 5.11 Å². The summed E-state index contributed by atoms with van der Waals surface area (Å²) in [5.41, 5.74) is 7.12. The van der Waals surface area contributed by atoms with Crippen LogP contribution < -0.4 is 20.3 Å². The van der Waals surface area contributed by atoms with Crippen molar-refractivity contribution in [3.8, 4) is 11.4 Å². The van der Waals surface area contributed by atoms with E-state index >= 15 is 0 Å². The van der Waals surface area contributed by atoms with E-state index in [4.69, 9.17) is 33.5 Å². The number of carbonyl (C=O) groups excluding carboxylic acids is 1. The minimum absolute atomic E-state index is 0.0937. The number of aromatic nitrogens is 2. The Bertz CT molecular complexity index is 1660. The molecule has 1 fully saturated rings. The van der Waals surface area contributed by atoms with E-state index in [1.807, 2.05) is 76.2 Å². The van der Waals surface area contributed by atoms with Gasteiger partial charge in [0.05, 0.1) is 30.6 Å². The van der Waals surface area contributed by atoms with Gasteiger partial charge >= 0.3 is 0 Å². The molecule has 1 aliphatic heterocycles. The largest absolute Gasteiger partial charge is 0.494 e. The molecule has 5 rings (SSSR count). The minimum atomic E-state index is -0.547. The number of amides is 1. The van der Waals surface area contributed by atoms with Crippen molar-refractivity contribution in [2.75, 3.05) is 17.3 Å². The minimum Gasteiger partial charge on any atom is -0.494 e. The van der Waals surface area contributed by atoms with Gasteiger partial charge in [-0.25, -0.2) is 0 Å². The van der Waals surface area contributed by atoms with Gasteiger partial charge in [0.1, 0.15) is 5.75 Å². The van der Waals surface area contributed by atoms with Crippen LogP contribution in [0.5, 0.6) is 5.75 Å². The zero-order chi connectivity index (χ0) is 30.3. The summed E-state index contributed by atoms with van der Waals surface area (Å²) in [4.78, 5) is 19.6. The van der Waals surface area contributed by atoms with E-state index in [0.29, 0.717) is 16.5 Å². The Hall–Kier alpha value is -3.88. The Balaban J connectivity index is 1.64. The van der Waals surface area contributed by atoms with Crippen LogP contribution in [-0.2, 0) is 4.79 Å². The molecule has 2 atom stereocenters. The summed E-state index contributed by atoms with van der Waals surface area (Å²) in [5.74, 6) is 0.455. The molecular weight excluding hydrogens is 566 g/mol. The molecule has 0 spiro atoms. The summed E-state index contributed by atoms with van der Waals surface area (Å²) in [6, 6.07) is 19.4. The lowest BCUT2D eigenvalue weighted by molar-refractivity contribution is -0.123. The maximum Gasteiger partial charge on any atom is 0.229 e. The van der Waals surface area contributed by atoms with Crippen LogP contribution in [0.4, 0.5) is 11.4 Å². The SMILES string of the molecule is COc1cc(N2C(=S)N[C@@H](c3ccccn3)[C@H]2c2cc(C)n(-c3cccc(Cl)c3C)c2C)ccc1NC(=O)C(C)(C)C. The highest BCUT2D eigenvalue weighted by Gasteiger charge is 2.42. The summed E-state index contributed by atoms with van der Waals surface area (Å²) < 4.78 is 7.99. The molecule has 2 N–H and O–H groups in total. The number of ether oxygens (including phenoxy) is 1. The van der Waals surface area contributed by atoms with Gasteiger partial charge in [0.2, 0.25) is 5.91 Å². The summed E-state index contributed by atoms with van der Waals surface area (Å²) in [5, 5.41) is 7.85. The Morgan fingerprint density at radius 3 is 2.50 bits per heavy atom. The van der Waals surface area contributed by atoms with Gasteiger partial charge in [0, 0.05) is 45.5 Å². The average molecular weight is 602 g/mol. The number of halogens is 1. The third-order valence-corrected chi connectivity index (χ3v) is 8.48. The normalized spacial score (nSPS) is 16.9. The van der Waals surface area contributed by atoms with Gasteiger partial charge in [-0.05, 0) is 86.6 Å². The predicted molar refractivity (Wildman–Crippen MR) is 174 cm³/mol. The van der Waals surface area contributed by atoms with E-state index < -0.39 is 5.41 Å². The second-order valence-electron chi connectivity index (χ2n) is 11.6. The molecular formula is C33H36ClN5O2S. The maximum atomic E-state index is 12.7. The summed E-state index contributed by atoms with van der Waals surface area (Å²) in [6.07, 6.45) is 1.80. The molecule has 2 aromatic heterocycles. The van der Waals surface area contributed by atoms with Crippen molar-refractivity contribution in [1.29, 1.82) is 0 Å². The third kappa shape index (κ3) is 5.37. The topological polar surface area (TPSA) is 71.4 Å². The monoisotopic (exact) mass is 601 g/mol. The standard InChI is InChI=1S/C33H36ClN5O2S/c1-19-17-23(21(3)38(19)27-13-10-11-24(34)20(27)2)30-29(26-12-8-9-16-35-26)37-32(42)39(30)22-14-15-25(28(18-22)41-7)36-31(40)33(4,5)6/h8-18,29-30H,1-7H3,(H,36,40)(H,37,42)/t29-,30+/m0/s1. The second-order valence-corrected chi connectivity index (χ2v) is 12.4. The maximum absolute atomic E-state index is 12.7. The lowest BCUT2D eigenvalue weighted by atomic mass is 9.95. The van der Waals surface area contributed by atoms with Crippen LogP contribution in [0.15, 0.2) is 66.9 Å². The summed E-state index contributed by atoms with van der Waals surface area (Å²) in [6.45, 7) is 11.9. The van der Waals surface area contributed by atoms with Gasteiger partial charge in [0.25, 0.3) is 0 Å². The number of hydrogen-bond acceptors (Lipinski definition) is 4. The molecule has 7 nitrogen and oxygen atoms in total. The average Bonchev–Trinajstić information content (AvgIpc) is 3.45.